The average molecular weight is 1480 g/mol. The highest BCUT2D eigenvalue weighted by Crippen LogP contribution is 2.60. The van der Waals surface area contributed by atoms with E-state index in [4.69, 9.17) is 8.83 Å². The highest BCUT2D eigenvalue weighted by atomic mass is 16.3. The Kier molecular flexibility index (Phi) is 17.1. The molecule has 20 aromatic rings. The van der Waals surface area contributed by atoms with Crippen LogP contribution in [0.2, 0.25) is 0 Å². The summed E-state index contributed by atoms with van der Waals surface area (Å²) in [6.45, 7) is 4.63. The molecule has 0 fully saturated rings. The molecular formula is C112H78N2O2. The van der Waals surface area contributed by atoms with Crippen molar-refractivity contribution in [1.82, 2.24) is 0 Å². The van der Waals surface area contributed by atoms with Gasteiger partial charge in [-0.05, 0) is 173 Å². The van der Waals surface area contributed by atoms with E-state index < -0.39 is 5.41 Å². The fraction of sp³-hybridized carbons (Fsp3) is 0.0357. The average Bonchev–Trinajstić information content (AvgIpc) is 1.52. The molecule has 0 unspecified atom stereocenters. The summed E-state index contributed by atoms with van der Waals surface area (Å²) < 4.78 is 14.1. The van der Waals surface area contributed by atoms with Gasteiger partial charge in [0.15, 0.2) is 0 Å². The van der Waals surface area contributed by atoms with Crippen LogP contribution < -0.4 is 9.80 Å². The van der Waals surface area contributed by atoms with E-state index in [1.165, 1.54) is 100 Å². The molecule has 0 saturated heterocycles. The van der Waals surface area contributed by atoms with Gasteiger partial charge in [-0.25, -0.2) is 0 Å². The van der Waals surface area contributed by atoms with E-state index in [-0.39, 0.29) is 5.41 Å². The van der Waals surface area contributed by atoms with Crippen molar-refractivity contribution in [2.45, 2.75) is 24.7 Å². The second-order valence-corrected chi connectivity index (χ2v) is 30.9. The zero-order chi connectivity index (χ0) is 77.3. The van der Waals surface area contributed by atoms with Gasteiger partial charge in [0, 0.05) is 83.3 Å². The number of fused-ring (bicyclic) bond motifs is 14. The Balaban J connectivity index is 0.000000147. The molecule has 0 saturated carbocycles. The molecule has 2 heterocycles. The minimum absolute atomic E-state index is 0.0760. The second kappa shape index (κ2) is 28.7. The lowest BCUT2D eigenvalue weighted by molar-refractivity contribution is 0.653. The first-order chi connectivity index (χ1) is 57.3. The van der Waals surface area contributed by atoms with Crippen molar-refractivity contribution in [2.24, 2.45) is 0 Å². The second-order valence-electron chi connectivity index (χ2n) is 30.9. The third-order valence-electron chi connectivity index (χ3n) is 24.1. The maximum Gasteiger partial charge on any atom is 0.143 e. The first kappa shape index (κ1) is 69.1. The molecular weight excluding hydrogens is 1410 g/mol. The molecule has 116 heavy (non-hydrogen) atoms. The van der Waals surface area contributed by atoms with Gasteiger partial charge >= 0.3 is 0 Å². The minimum Gasteiger partial charge on any atom is -0.455 e. The predicted octanol–water partition coefficient (Wildman–Crippen LogP) is 30.8. The SMILES string of the molecule is CC1(C)c2ccccc2-c2c1ccc1c2oc2c(-c3ccc(N(c4ccc(-c5ccccc5)cc4)c4ccc(-c5ccccc5)cc4)cc3)cccc21.c1ccc(-c2ccc(N(c3ccc(-c4ccccc4)cc3)c3ccc(-c4cccc5c4oc4c6c(ccc45)C(c4ccccc4)(c4ccccc4)c4ccccc4-6)cc3)cc2)cc1. The van der Waals surface area contributed by atoms with E-state index in [0.717, 1.165) is 100 Å². The quantitative estimate of drug-likeness (QED) is 0.109. The predicted molar refractivity (Wildman–Crippen MR) is 484 cm³/mol. The van der Waals surface area contributed by atoms with Crippen LogP contribution in [0, 0.1) is 0 Å². The Hall–Kier alpha value is -14.8. The third-order valence-corrected chi connectivity index (χ3v) is 24.1. The molecule has 0 atom stereocenters. The topological polar surface area (TPSA) is 32.8 Å². The molecule has 18 aromatic carbocycles. The van der Waals surface area contributed by atoms with Gasteiger partial charge in [0.2, 0.25) is 0 Å². The van der Waals surface area contributed by atoms with E-state index in [0.29, 0.717) is 0 Å². The Labute approximate surface area is 676 Å². The van der Waals surface area contributed by atoms with Crippen LogP contribution in [0.15, 0.2) is 446 Å². The van der Waals surface area contributed by atoms with E-state index in [1.54, 1.807) is 0 Å². The van der Waals surface area contributed by atoms with Crippen LogP contribution in [0.25, 0.3) is 133 Å². The van der Waals surface area contributed by atoms with Crippen LogP contribution in [0.5, 0.6) is 0 Å². The largest absolute Gasteiger partial charge is 0.455 e. The highest BCUT2D eigenvalue weighted by Gasteiger charge is 2.47. The molecule has 2 aromatic heterocycles. The lowest BCUT2D eigenvalue weighted by Crippen LogP contribution is -2.28. The first-order valence-corrected chi connectivity index (χ1v) is 40.0. The van der Waals surface area contributed by atoms with Crippen LogP contribution in [-0.2, 0) is 10.8 Å². The Morgan fingerprint density at radius 2 is 0.440 bits per heavy atom. The molecule has 22 rings (SSSR count). The molecule has 0 radical (unpaired) electrons. The summed E-state index contributed by atoms with van der Waals surface area (Å²) in [6, 6.07) is 157. The van der Waals surface area contributed by atoms with E-state index in [1.807, 2.05) is 0 Å². The van der Waals surface area contributed by atoms with Gasteiger partial charge in [0.1, 0.15) is 22.3 Å². The summed E-state index contributed by atoms with van der Waals surface area (Å²) in [6.07, 6.45) is 0. The molecule has 0 spiro atoms. The van der Waals surface area contributed by atoms with Crippen molar-refractivity contribution in [3.05, 3.63) is 470 Å². The lowest BCUT2D eigenvalue weighted by Gasteiger charge is -2.33. The Morgan fingerprint density at radius 3 is 0.793 bits per heavy atom. The summed E-state index contributed by atoms with van der Waals surface area (Å²) in [5.74, 6) is 0. The first-order valence-electron chi connectivity index (χ1n) is 40.0. The van der Waals surface area contributed by atoms with E-state index in [9.17, 15) is 0 Å². The van der Waals surface area contributed by atoms with Crippen molar-refractivity contribution < 1.29 is 8.83 Å². The number of nitrogens with zero attached hydrogens (tertiary/aromatic N) is 2. The molecule has 4 nitrogen and oxygen atoms in total. The van der Waals surface area contributed by atoms with Gasteiger partial charge in [-0.3, -0.25) is 0 Å². The molecule has 2 aliphatic carbocycles. The van der Waals surface area contributed by atoms with E-state index in [2.05, 4.69) is 460 Å². The van der Waals surface area contributed by atoms with Crippen molar-refractivity contribution in [3.63, 3.8) is 0 Å². The molecule has 548 valence electrons. The number of furan rings is 2. The van der Waals surface area contributed by atoms with Crippen molar-refractivity contribution in [3.8, 4) is 89.0 Å². The number of para-hydroxylation sites is 2. The summed E-state index contributed by atoms with van der Waals surface area (Å²) in [5, 5.41) is 4.54. The van der Waals surface area contributed by atoms with Crippen molar-refractivity contribution in [2.75, 3.05) is 9.80 Å². The number of rotatable bonds is 14. The molecule has 0 bridgehead atoms. The van der Waals surface area contributed by atoms with Crippen LogP contribution in [0.3, 0.4) is 0 Å². The zero-order valence-corrected chi connectivity index (χ0v) is 64.3. The highest BCUT2D eigenvalue weighted by molar-refractivity contribution is 6.16. The number of benzene rings is 18. The number of hydrogen-bond acceptors (Lipinski definition) is 4. The fourth-order valence-corrected chi connectivity index (χ4v) is 18.5. The Morgan fingerprint density at radius 1 is 0.181 bits per heavy atom. The molecule has 0 aliphatic heterocycles. The van der Waals surface area contributed by atoms with Gasteiger partial charge in [-0.15, -0.1) is 0 Å². The molecule has 2 aliphatic rings. The number of hydrogen-bond donors (Lipinski definition) is 0. The van der Waals surface area contributed by atoms with Crippen LogP contribution in [0.1, 0.15) is 47.2 Å². The van der Waals surface area contributed by atoms with Gasteiger partial charge in [-0.2, -0.15) is 0 Å². The maximum atomic E-state index is 7.20. The minimum atomic E-state index is -0.490. The summed E-state index contributed by atoms with van der Waals surface area (Å²) in [7, 11) is 0. The van der Waals surface area contributed by atoms with Crippen LogP contribution in [0.4, 0.5) is 34.1 Å². The smallest absolute Gasteiger partial charge is 0.143 e. The molecule has 4 heteroatoms. The van der Waals surface area contributed by atoms with Gasteiger partial charge in [0.05, 0.1) is 5.41 Å². The van der Waals surface area contributed by atoms with Crippen LogP contribution in [-0.4, -0.2) is 0 Å². The van der Waals surface area contributed by atoms with Crippen LogP contribution >= 0.6 is 0 Å². The van der Waals surface area contributed by atoms with Gasteiger partial charge in [-0.1, -0.05) is 378 Å². The van der Waals surface area contributed by atoms with Crippen molar-refractivity contribution in [1.29, 1.82) is 0 Å². The summed E-state index contributed by atoms with van der Waals surface area (Å²) in [4.78, 5) is 4.67. The standard InChI is InChI=1S/C61H41NO.C51H37NO/c1-5-16-42(17-6-1)44-28-34-49(35-29-44)62(50-36-30-45(31-37-50)43-18-7-2-8-19-43)51-38-32-46(33-39-51)52-25-15-26-53-54-40-41-57-58(60(54)63-59(52)53)55-24-13-14-27-56(55)61(57,47-20-9-3-10-21-47)48-22-11-4-12-23-48;1-51(2)46-19-10-9-16-45(46)48-47(51)33-32-44-43-18-11-17-42(49(43)53-50(44)48)38-24-30-41(31-25-38)52(39-26-20-36(21-27-39)34-12-5-3-6-13-34)40-28-22-37(23-29-40)35-14-7-4-8-15-35/h1-41H;3-33H,1-2H3. The maximum absolute atomic E-state index is 7.20. The van der Waals surface area contributed by atoms with E-state index >= 15 is 0 Å². The summed E-state index contributed by atoms with van der Waals surface area (Å²) in [5.41, 5.74) is 36.2. The number of anilines is 6. The van der Waals surface area contributed by atoms with Crippen molar-refractivity contribution >= 4 is 78.0 Å². The molecule has 0 amide bonds. The summed E-state index contributed by atoms with van der Waals surface area (Å²) >= 11 is 0. The Bertz CT molecular complexity index is 6800. The third kappa shape index (κ3) is 11.7. The normalized spacial score (nSPS) is 12.7. The molecule has 0 N–H and O–H groups in total. The van der Waals surface area contributed by atoms with Gasteiger partial charge in [0.25, 0.3) is 0 Å². The monoisotopic (exact) mass is 1480 g/mol. The fourth-order valence-electron chi connectivity index (χ4n) is 18.5. The zero-order valence-electron chi connectivity index (χ0n) is 64.3. The lowest BCUT2D eigenvalue weighted by atomic mass is 9.68. The van der Waals surface area contributed by atoms with Gasteiger partial charge < -0.3 is 18.6 Å².